The number of hydrazine groups is 1. The van der Waals surface area contributed by atoms with E-state index in [1.165, 1.54) is 0 Å². The highest BCUT2D eigenvalue weighted by atomic mass is 79.9. The van der Waals surface area contributed by atoms with Crippen molar-refractivity contribution >= 4 is 33.7 Å². The zero-order valence-electron chi connectivity index (χ0n) is 11.6. The molecule has 1 aliphatic heterocycles. The summed E-state index contributed by atoms with van der Waals surface area (Å²) in [4.78, 5) is 37.1. The molecule has 112 valence electrons. The molecule has 1 fully saturated rings. The first-order chi connectivity index (χ1) is 9.99. The van der Waals surface area contributed by atoms with E-state index in [-0.39, 0.29) is 18.2 Å². The van der Waals surface area contributed by atoms with Crippen LogP contribution in [0.1, 0.15) is 23.2 Å². The summed E-state index contributed by atoms with van der Waals surface area (Å²) in [6, 6.07) is 6.91. The number of rotatable bonds is 2. The van der Waals surface area contributed by atoms with Crippen LogP contribution >= 0.6 is 15.9 Å². The molecule has 1 saturated heterocycles. The monoisotopic (exact) mass is 353 g/mol. The van der Waals surface area contributed by atoms with Gasteiger partial charge in [-0.2, -0.15) is 0 Å². The topological polar surface area (TPSA) is 78.5 Å². The highest BCUT2D eigenvalue weighted by molar-refractivity contribution is 9.10. The highest BCUT2D eigenvalue weighted by Gasteiger charge is 2.28. The number of amides is 3. The molecule has 21 heavy (non-hydrogen) atoms. The van der Waals surface area contributed by atoms with Crippen molar-refractivity contribution in [2.24, 2.45) is 5.92 Å². The summed E-state index contributed by atoms with van der Waals surface area (Å²) in [6.07, 6.45) is 0.770. The lowest BCUT2D eigenvalue weighted by molar-refractivity contribution is -0.139. The fourth-order valence-electron chi connectivity index (χ4n) is 2.10. The Labute approximate surface area is 131 Å². The zero-order chi connectivity index (χ0) is 15.4. The van der Waals surface area contributed by atoms with Gasteiger partial charge in [0.15, 0.2) is 0 Å². The number of piperidine rings is 1. The quantitative estimate of drug-likeness (QED) is 0.781. The first-order valence-electron chi connectivity index (χ1n) is 6.57. The molecule has 1 aromatic carbocycles. The van der Waals surface area contributed by atoms with Gasteiger partial charge in [-0.1, -0.05) is 12.1 Å². The molecular formula is C14H16BrN3O3. The summed E-state index contributed by atoms with van der Waals surface area (Å²) in [5.74, 6) is -1.20. The number of likely N-dealkylation sites (tertiary alicyclic amines) is 1. The summed E-state index contributed by atoms with van der Waals surface area (Å²) in [6.45, 7) is 0.551. The SMILES string of the molecule is CN1CC[C@@H](C(=O)NNC(=O)c2ccccc2Br)CC1=O. The summed E-state index contributed by atoms with van der Waals surface area (Å²) < 4.78 is 0.645. The minimum atomic E-state index is -0.407. The van der Waals surface area contributed by atoms with Crippen LogP contribution in [-0.4, -0.2) is 36.2 Å². The fourth-order valence-corrected chi connectivity index (χ4v) is 2.56. The lowest BCUT2D eigenvalue weighted by atomic mass is 9.96. The maximum absolute atomic E-state index is 12.0. The van der Waals surface area contributed by atoms with E-state index in [1.807, 2.05) is 0 Å². The molecule has 0 aromatic heterocycles. The second-order valence-corrected chi connectivity index (χ2v) is 5.78. The molecule has 1 heterocycles. The first kappa shape index (κ1) is 15.5. The molecule has 7 heteroatoms. The molecule has 0 saturated carbocycles. The van der Waals surface area contributed by atoms with Gasteiger partial charge in [0.2, 0.25) is 11.8 Å². The van der Waals surface area contributed by atoms with Gasteiger partial charge in [0.05, 0.1) is 11.5 Å². The van der Waals surface area contributed by atoms with Gasteiger partial charge in [-0.25, -0.2) is 0 Å². The largest absolute Gasteiger partial charge is 0.346 e. The molecule has 6 nitrogen and oxygen atoms in total. The average molecular weight is 354 g/mol. The van der Waals surface area contributed by atoms with Crippen molar-refractivity contribution < 1.29 is 14.4 Å². The summed E-state index contributed by atoms with van der Waals surface area (Å²) >= 11 is 3.27. The van der Waals surface area contributed by atoms with Gasteiger partial charge in [-0.15, -0.1) is 0 Å². The molecule has 1 aliphatic rings. The lowest BCUT2D eigenvalue weighted by Gasteiger charge is -2.27. The number of benzene rings is 1. The third kappa shape index (κ3) is 3.81. The van der Waals surface area contributed by atoms with E-state index >= 15 is 0 Å². The minimum Gasteiger partial charge on any atom is -0.346 e. The van der Waals surface area contributed by atoms with Crippen molar-refractivity contribution in [1.29, 1.82) is 0 Å². The van der Waals surface area contributed by atoms with Crippen LogP contribution in [0.5, 0.6) is 0 Å². The van der Waals surface area contributed by atoms with Crippen LogP contribution in [0.25, 0.3) is 0 Å². The molecule has 0 bridgehead atoms. The molecule has 3 amide bonds. The Morgan fingerprint density at radius 3 is 2.67 bits per heavy atom. The standard InChI is InChI=1S/C14H16BrN3O3/c1-18-7-6-9(8-12(18)19)13(20)16-17-14(21)10-4-2-3-5-11(10)15/h2-5,9H,6-8H2,1H3,(H,16,20)(H,17,21)/t9-/m1/s1. The third-order valence-corrected chi connectivity index (χ3v) is 4.14. The van der Waals surface area contributed by atoms with E-state index < -0.39 is 11.8 Å². The van der Waals surface area contributed by atoms with Crippen molar-refractivity contribution in [2.75, 3.05) is 13.6 Å². The lowest BCUT2D eigenvalue weighted by Crippen LogP contribution is -2.48. The fraction of sp³-hybridized carbons (Fsp3) is 0.357. The summed E-state index contributed by atoms with van der Waals surface area (Å²) in [5.41, 5.74) is 5.18. The number of halogens is 1. The Morgan fingerprint density at radius 1 is 1.29 bits per heavy atom. The highest BCUT2D eigenvalue weighted by Crippen LogP contribution is 2.17. The molecule has 2 N–H and O–H groups in total. The smallest absolute Gasteiger partial charge is 0.270 e. The summed E-state index contributed by atoms with van der Waals surface area (Å²) in [5, 5.41) is 0. The van der Waals surface area contributed by atoms with Gasteiger partial charge >= 0.3 is 0 Å². The van der Waals surface area contributed by atoms with Gasteiger partial charge in [0.25, 0.3) is 5.91 Å². The van der Waals surface area contributed by atoms with Gasteiger partial charge in [-0.3, -0.25) is 25.2 Å². The number of nitrogens with one attached hydrogen (secondary N) is 2. The zero-order valence-corrected chi connectivity index (χ0v) is 13.1. The molecule has 1 aromatic rings. The number of hydrogen-bond donors (Lipinski definition) is 2. The van der Waals surface area contributed by atoms with Crippen LogP contribution in [-0.2, 0) is 9.59 Å². The maximum atomic E-state index is 12.0. The summed E-state index contributed by atoms with van der Waals surface area (Å²) in [7, 11) is 1.71. The third-order valence-electron chi connectivity index (χ3n) is 3.45. The van der Waals surface area contributed by atoms with Crippen molar-refractivity contribution in [3.63, 3.8) is 0 Å². The maximum Gasteiger partial charge on any atom is 0.270 e. The molecule has 0 aliphatic carbocycles. The van der Waals surface area contributed by atoms with Gasteiger partial charge < -0.3 is 4.90 Å². The van der Waals surface area contributed by atoms with Crippen molar-refractivity contribution in [1.82, 2.24) is 15.8 Å². The van der Waals surface area contributed by atoms with Crippen LogP contribution in [0.4, 0.5) is 0 Å². The van der Waals surface area contributed by atoms with Gasteiger partial charge in [-0.05, 0) is 34.5 Å². The Balaban J connectivity index is 1.88. The molecule has 2 rings (SSSR count). The van der Waals surface area contributed by atoms with Crippen molar-refractivity contribution in [3.8, 4) is 0 Å². The normalized spacial score (nSPS) is 18.3. The second kappa shape index (κ2) is 6.71. The van der Waals surface area contributed by atoms with Crippen LogP contribution in [0.2, 0.25) is 0 Å². The predicted octanol–water partition coefficient (Wildman–Crippen LogP) is 1.08. The van der Waals surface area contributed by atoms with Crippen LogP contribution in [0.15, 0.2) is 28.7 Å². The van der Waals surface area contributed by atoms with Crippen LogP contribution < -0.4 is 10.9 Å². The average Bonchev–Trinajstić information content (AvgIpc) is 2.47. The number of carbonyl (C=O) groups excluding carboxylic acids is 3. The minimum absolute atomic E-state index is 0.0569. The van der Waals surface area contributed by atoms with E-state index in [9.17, 15) is 14.4 Å². The van der Waals surface area contributed by atoms with Gasteiger partial charge in [0.1, 0.15) is 0 Å². The van der Waals surface area contributed by atoms with Crippen LogP contribution in [0, 0.1) is 5.92 Å². The number of nitrogens with zero attached hydrogens (tertiary/aromatic N) is 1. The van der Waals surface area contributed by atoms with E-state index in [0.29, 0.717) is 23.0 Å². The van der Waals surface area contributed by atoms with Crippen molar-refractivity contribution in [2.45, 2.75) is 12.8 Å². The van der Waals surface area contributed by atoms with Crippen LogP contribution in [0.3, 0.4) is 0 Å². The van der Waals surface area contributed by atoms with E-state index in [1.54, 1.807) is 36.2 Å². The Morgan fingerprint density at radius 2 is 2.00 bits per heavy atom. The second-order valence-electron chi connectivity index (χ2n) is 4.93. The Bertz CT molecular complexity index is 576. The van der Waals surface area contributed by atoms with Crippen molar-refractivity contribution in [3.05, 3.63) is 34.3 Å². The predicted molar refractivity (Wildman–Crippen MR) is 80.1 cm³/mol. The Kier molecular flexibility index (Phi) is 4.95. The molecule has 0 spiro atoms. The van der Waals surface area contributed by atoms with Gasteiger partial charge in [0, 0.05) is 24.5 Å². The first-order valence-corrected chi connectivity index (χ1v) is 7.37. The number of carbonyl (C=O) groups is 3. The molecule has 0 unspecified atom stereocenters. The Hall–Kier alpha value is -1.89. The van der Waals surface area contributed by atoms with E-state index in [2.05, 4.69) is 26.8 Å². The van der Waals surface area contributed by atoms with E-state index in [4.69, 9.17) is 0 Å². The van der Waals surface area contributed by atoms with E-state index in [0.717, 1.165) is 0 Å². The molecule has 0 radical (unpaired) electrons. The molecular weight excluding hydrogens is 338 g/mol. The number of hydrogen-bond acceptors (Lipinski definition) is 3. The molecule has 1 atom stereocenters.